The normalized spacial score (nSPS) is 12.7. The molecule has 0 spiro atoms. The van der Waals surface area contributed by atoms with Gasteiger partial charge in [0.05, 0.1) is 0 Å². The molecule has 0 unspecified atom stereocenters. The number of amides is 1. The minimum atomic E-state index is -0.0320. The first-order chi connectivity index (χ1) is 9.74. The highest BCUT2D eigenvalue weighted by atomic mass is 79.9. The van der Waals surface area contributed by atoms with Crippen molar-refractivity contribution < 1.29 is 4.79 Å². The van der Waals surface area contributed by atoms with E-state index in [1.54, 1.807) is 0 Å². The van der Waals surface area contributed by atoms with Crippen molar-refractivity contribution in [3.05, 3.63) is 63.6 Å². The van der Waals surface area contributed by atoms with E-state index in [1.165, 1.54) is 5.56 Å². The lowest BCUT2D eigenvalue weighted by atomic mass is 10.1. The molecule has 0 fully saturated rings. The fourth-order valence-corrected chi connectivity index (χ4v) is 2.79. The molecule has 0 aliphatic carbocycles. The van der Waals surface area contributed by atoms with Crippen molar-refractivity contribution in [2.24, 2.45) is 0 Å². The van der Waals surface area contributed by atoms with Crippen LogP contribution in [-0.4, -0.2) is 12.5 Å². The summed E-state index contributed by atoms with van der Waals surface area (Å²) in [6.07, 6.45) is 0.987. The zero-order valence-electron chi connectivity index (χ0n) is 10.9. The van der Waals surface area contributed by atoms with Gasteiger partial charge in [0.1, 0.15) is 0 Å². The summed E-state index contributed by atoms with van der Waals surface area (Å²) in [5, 5.41) is 6.25. The van der Waals surface area contributed by atoms with Crippen LogP contribution in [0.1, 0.15) is 21.5 Å². The Labute approximate surface area is 126 Å². The molecule has 20 heavy (non-hydrogen) atoms. The summed E-state index contributed by atoms with van der Waals surface area (Å²) in [6, 6.07) is 13.7. The maximum absolute atomic E-state index is 12.2. The summed E-state index contributed by atoms with van der Waals surface area (Å²) in [6.45, 7) is 1.48. The second-order valence-electron chi connectivity index (χ2n) is 4.82. The third-order valence-electron chi connectivity index (χ3n) is 3.47. The van der Waals surface area contributed by atoms with Gasteiger partial charge in [-0.3, -0.25) is 4.79 Å². The highest BCUT2D eigenvalue weighted by Crippen LogP contribution is 2.23. The summed E-state index contributed by atoms with van der Waals surface area (Å²) in [5.41, 5.74) is 4.16. The van der Waals surface area contributed by atoms with Crippen LogP contribution in [-0.2, 0) is 13.0 Å². The molecule has 0 saturated heterocycles. The van der Waals surface area contributed by atoms with E-state index in [2.05, 4.69) is 26.6 Å². The second-order valence-corrected chi connectivity index (χ2v) is 5.68. The van der Waals surface area contributed by atoms with Crippen molar-refractivity contribution in [2.75, 3.05) is 11.9 Å². The van der Waals surface area contributed by atoms with Crippen LogP contribution in [0.3, 0.4) is 0 Å². The number of halogens is 1. The fraction of sp³-hybridized carbons (Fsp3) is 0.188. The number of benzene rings is 2. The van der Waals surface area contributed by atoms with Crippen molar-refractivity contribution in [3.8, 4) is 0 Å². The van der Waals surface area contributed by atoms with E-state index in [-0.39, 0.29) is 5.91 Å². The van der Waals surface area contributed by atoms with Crippen LogP contribution in [0, 0.1) is 0 Å². The van der Waals surface area contributed by atoms with Gasteiger partial charge in [0, 0.05) is 28.8 Å². The molecule has 0 atom stereocenters. The standard InChI is InChI=1S/C16H15BrN2O/c17-14-4-2-1-3-13(14)10-19-16(20)12-5-6-15-11(9-12)7-8-18-15/h1-6,9,18H,7-8,10H2,(H,19,20). The molecular formula is C16H15BrN2O. The smallest absolute Gasteiger partial charge is 0.251 e. The topological polar surface area (TPSA) is 41.1 Å². The summed E-state index contributed by atoms with van der Waals surface area (Å²) >= 11 is 3.48. The molecule has 0 radical (unpaired) electrons. The lowest BCUT2D eigenvalue weighted by Crippen LogP contribution is -2.23. The van der Waals surface area contributed by atoms with E-state index in [1.807, 2.05) is 42.5 Å². The van der Waals surface area contributed by atoms with Crippen molar-refractivity contribution in [3.63, 3.8) is 0 Å². The van der Waals surface area contributed by atoms with Gasteiger partial charge in [0.2, 0.25) is 0 Å². The van der Waals surface area contributed by atoms with Gasteiger partial charge in [-0.15, -0.1) is 0 Å². The van der Waals surface area contributed by atoms with Gasteiger partial charge in [-0.1, -0.05) is 34.1 Å². The van der Waals surface area contributed by atoms with Crippen molar-refractivity contribution in [2.45, 2.75) is 13.0 Å². The molecule has 1 heterocycles. The van der Waals surface area contributed by atoms with Crippen LogP contribution < -0.4 is 10.6 Å². The molecular weight excluding hydrogens is 316 g/mol. The number of carbonyl (C=O) groups is 1. The van der Waals surface area contributed by atoms with Gasteiger partial charge >= 0.3 is 0 Å². The summed E-state index contributed by atoms with van der Waals surface area (Å²) in [4.78, 5) is 12.2. The molecule has 1 amide bonds. The third-order valence-corrected chi connectivity index (χ3v) is 4.25. The Morgan fingerprint density at radius 3 is 2.95 bits per heavy atom. The van der Waals surface area contributed by atoms with Crippen LogP contribution in [0.15, 0.2) is 46.9 Å². The van der Waals surface area contributed by atoms with E-state index in [0.29, 0.717) is 6.54 Å². The minimum absolute atomic E-state index is 0.0320. The Balaban J connectivity index is 1.69. The fourth-order valence-electron chi connectivity index (χ4n) is 2.37. The second kappa shape index (κ2) is 5.67. The van der Waals surface area contributed by atoms with Crippen molar-refractivity contribution in [1.29, 1.82) is 0 Å². The zero-order valence-corrected chi connectivity index (χ0v) is 12.5. The van der Waals surface area contributed by atoms with Gasteiger partial charge < -0.3 is 10.6 Å². The molecule has 0 saturated carbocycles. The molecule has 2 aromatic rings. The quantitative estimate of drug-likeness (QED) is 0.906. The lowest BCUT2D eigenvalue weighted by molar-refractivity contribution is 0.0951. The van der Waals surface area contributed by atoms with Crippen LogP contribution in [0.2, 0.25) is 0 Å². The van der Waals surface area contributed by atoms with Crippen LogP contribution in [0.25, 0.3) is 0 Å². The SMILES string of the molecule is O=C(NCc1ccccc1Br)c1ccc2c(c1)CCN2. The lowest BCUT2D eigenvalue weighted by Gasteiger charge is -2.08. The van der Waals surface area contributed by atoms with Gasteiger partial charge in [-0.05, 0) is 41.8 Å². The molecule has 1 aliphatic rings. The van der Waals surface area contributed by atoms with Crippen LogP contribution >= 0.6 is 15.9 Å². The third kappa shape index (κ3) is 2.70. The largest absolute Gasteiger partial charge is 0.384 e. The van der Waals surface area contributed by atoms with Gasteiger partial charge in [0.25, 0.3) is 5.91 Å². The highest BCUT2D eigenvalue weighted by Gasteiger charge is 2.13. The van der Waals surface area contributed by atoms with Gasteiger partial charge in [-0.25, -0.2) is 0 Å². The Morgan fingerprint density at radius 2 is 2.10 bits per heavy atom. The average molecular weight is 331 g/mol. The minimum Gasteiger partial charge on any atom is -0.384 e. The molecule has 2 aromatic carbocycles. The highest BCUT2D eigenvalue weighted by molar-refractivity contribution is 9.10. The molecule has 2 N–H and O–H groups in total. The van der Waals surface area contributed by atoms with E-state index in [0.717, 1.165) is 34.3 Å². The predicted molar refractivity (Wildman–Crippen MR) is 83.9 cm³/mol. The summed E-state index contributed by atoms with van der Waals surface area (Å²) < 4.78 is 1.01. The summed E-state index contributed by atoms with van der Waals surface area (Å²) in [7, 11) is 0. The summed E-state index contributed by atoms with van der Waals surface area (Å²) in [5.74, 6) is -0.0320. The molecule has 1 aliphatic heterocycles. The first kappa shape index (κ1) is 13.2. The molecule has 3 rings (SSSR count). The Kier molecular flexibility index (Phi) is 3.74. The van der Waals surface area contributed by atoms with Crippen molar-refractivity contribution >= 4 is 27.5 Å². The number of fused-ring (bicyclic) bond motifs is 1. The van der Waals surface area contributed by atoms with E-state index >= 15 is 0 Å². The first-order valence-electron chi connectivity index (χ1n) is 6.62. The molecule has 0 aromatic heterocycles. The first-order valence-corrected chi connectivity index (χ1v) is 7.42. The van der Waals surface area contributed by atoms with E-state index < -0.39 is 0 Å². The van der Waals surface area contributed by atoms with Gasteiger partial charge in [0.15, 0.2) is 0 Å². The zero-order chi connectivity index (χ0) is 13.9. The Morgan fingerprint density at radius 1 is 1.25 bits per heavy atom. The number of nitrogens with one attached hydrogen (secondary N) is 2. The molecule has 102 valence electrons. The molecule has 0 bridgehead atoms. The van der Waals surface area contributed by atoms with Gasteiger partial charge in [-0.2, -0.15) is 0 Å². The molecule has 3 nitrogen and oxygen atoms in total. The van der Waals surface area contributed by atoms with E-state index in [4.69, 9.17) is 0 Å². The maximum atomic E-state index is 12.2. The van der Waals surface area contributed by atoms with E-state index in [9.17, 15) is 4.79 Å². The van der Waals surface area contributed by atoms with Crippen molar-refractivity contribution in [1.82, 2.24) is 5.32 Å². The monoisotopic (exact) mass is 330 g/mol. The number of anilines is 1. The maximum Gasteiger partial charge on any atom is 0.251 e. The number of hydrogen-bond acceptors (Lipinski definition) is 2. The Bertz CT molecular complexity index is 655. The predicted octanol–water partition coefficient (Wildman–Crippen LogP) is 3.35. The number of hydrogen-bond donors (Lipinski definition) is 2. The average Bonchev–Trinajstić information content (AvgIpc) is 2.93. The number of carbonyl (C=O) groups excluding carboxylic acids is 1. The van der Waals surface area contributed by atoms with Crippen LogP contribution in [0.5, 0.6) is 0 Å². The Hall–Kier alpha value is -1.81. The number of rotatable bonds is 3. The van der Waals surface area contributed by atoms with Crippen LogP contribution in [0.4, 0.5) is 5.69 Å². The molecule has 4 heteroatoms.